The fourth-order valence-corrected chi connectivity index (χ4v) is 1.55. The number of phenolic OH excluding ortho intramolecular Hbond substituents is 4. The molecule has 0 atom stereocenters. The molecule has 0 saturated heterocycles. The number of rotatable bonds is 2. The van der Waals surface area contributed by atoms with Gasteiger partial charge in [0.1, 0.15) is 28.7 Å². The van der Waals surface area contributed by atoms with Gasteiger partial charge in [-0.3, -0.25) is 4.79 Å². The van der Waals surface area contributed by atoms with E-state index in [1.807, 2.05) is 12.1 Å². The molecule has 0 radical (unpaired) electrons. The number of phenols is 4. The van der Waals surface area contributed by atoms with Gasteiger partial charge in [0, 0.05) is 18.2 Å². The minimum Gasteiger partial charge on any atom is -0.508 e. The lowest BCUT2D eigenvalue weighted by molar-refractivity contribution is -0.120. The maximum Gasteiger partial charge on any atom is 0.298 e. The summed E-state index contributed by atoms with van der Waals surface area (Å²) >= 11 is 0. The van der Waals surface area contributed by atoms with E-state index < -0.39 is 0 Å². The molecule has 0 aliphatic carbocycles. The first kappa shape index (κ1) is 19.4. The Hall–Kier alpha value is -3.67. The summed E-state index contributed by atoms with van der Waals surface area (Å²) in [6.45, 7) is 0.216. The van der Waals surface area contributed by atoms with Gasteiger partial charge in [-0.1, -0.05) is 36.4 Å². The summed E-state index contributed by atoms with van der Waals surface area (Å²) in [4.78, 5) is 9.81. The van der Waals surface area contributed by atoms with Crippen molar-refractivity contribution in [2.75, 3.05) is 0 Å². The zero-order chi connectivity index (χ0) is 18.5. The molecule has 0 unspecified atom stereocenters. The molecular formula is C19H18O6. The highest BCUT2D eigenvalue weighted by molar-refractivity contribution is 5.49. The van der Waals surface area contributed by atoms with Crippen LogP contribution in [-0.2, 0) is 4.79 Å². The highest BCUT2D eigenvalue weighted by Gasteiger charge is 1.98. The fourth-order valence-electron chi connectivity index (χ4n) is 1.55. The van der Waals surface area contributed by atoms with Crippen molar-refractivity contribution in [3.8, 4) is 28.7 Å². The van der Waals surface area contributed by atoms with Crippen LogP contribution in [0, 0.1) is 0 Å². The van der Waals surface area contributed by atoms with Crippen LogP contribution in [0.3, 0.4) is 0 Å². The molecule has 3 aromatic carbocycles. The van der Waals surface area contributed by atoms with Crippen molar-refractivity contribution in [3.05, 3.63) is 78.9 Å². The molecule has 130 valence electrons. The van der Waals surface area contributed by atoms with E-state index in [4.69, 9.17) is 20.4 Å². The number of hydrogen-bond donors (Lipinski definition) is 4. The molecule has 6 nitrogen and oxygen atoms in total. The minimum absolute atomic E-state index is 0.109. The van der Waals surface area contributed by atoms with Gasteiger partial charge in [0.25, 0.3) is 6.47 Å². The van der Waals surface area contributed by atoms with Crippen molar-refractivity contribution in [3.63, 3.8) is 0 Å². The third-order valence-corrected chi connectivity index (χ3v) is 2.57. The van der Waals surface area contributed by atoms with Gasteiger partial charge in [0.2, 0.25) is 0 Å². The molecule has 0 aliphatic rings. The number of carbonyl (C=O) groups is 1. The normalized spacial score (nSPS) is 8.80. The Labute approximate surface area is 144 Å². The quantitative estimate of drug-likeness (QED) is 0.532. The summed E-state index contributed by atoms with van der Waals surface area (Å²) in [5.74, 6) is 0.450. The lowest BCUT2D eigenvalue weighted by Gasteiger charge is -1.98. The molecule has 6 heteroatoms. The Morgan fingerprint density at radius 2 is 1.00 bits per heavy atom. The monoisotopic (exact) mass is 342 g/mol. The summed E-state index contributed by atoms with van der Waals surface area (Å²) in [5, 5.41) is 35.0. The maximum atomic E-state index is 9.81. The average Bonchev–Trinajstić information content (AvgIpc) is 2.57. The van der Waals surface area contributed by atoms with Crippen LogP contribution in [0.1, 0.15) is 0 Å². The van der Waals surface area contributed by atoms with E-state index in [0.29, 0.717) is 11.5 Å². The number of para-hydroxylation sites is 2. The van der Waals surface area contributed by atoms with E-state index in [0.717, 1.165) is 6.07 Å². The van der Waals surface area contributed by atoms with Crippen molar-refractivity contribution in [2.45, 2.75) is 0 Å². The molecule has 0 aromatic heterocycles. The summed E-state index contributed by atoms with van der Waals surface area (Å²) in [6.07, 6.45) is 0. The fraction of sp³-hybridized carbons (Fsp3) is 0. The zero-order valence-corrected chi connectivity index (χ0v) is 13.2. The smallest absolute Gasteiger partial charge is 0.298 e. The van der Waals surface area contributed by atoms with Gasteiger partial charge < -0.3 is 25.2 Å². The lowest BCUT2D eigenvalue weighted by Crippen LogP contribution is -1.87. The Morgan fingerprint density at radius 1 is 0.600 bits per heavy atom. The molecule has 0 aliphatic heterocycles. The first-order valence-electron chi connectivity index (χ1n) is 7.12. The van der Waals surface area contributed by atoms with Gasteiger partial charge in [0.15, 0.2) is 0 Å². The summed E-state index contributed by atoms with van der Waals surface area (Å²) < 4.78 is 4.37. The number of aromatic hydroxyl groups is 4. The molecule has 25 heavy (non-hydrogen) atoms. The van der Waals surface area contributed by atoms with Gasteiger partial charge in [-0.25, -0.2) is 0 Å². The van der Waals surface area contributed by atoms with Gasteiger partial charge >= 0.3 is 0 Å². The third-order valence-electron chi connectivity index (χ3n) is 2.57. The second-order valence-corrected chi connectivity index (χ2v) is 4.57. The SMILES string of the molecule is O=COc1cc(O)cc(O)c1.Oc1ccccc1.Oc1ccccc1. The van der Waals surface area contributed by atoms with Crippen LogP contribution < -0.4 is 4.74 Å². The molecule has 3 rings (SSSR count). The predicted molar refractivity (Wildman–Crippen MR) is 92.7 cm³/mol. The lowest BCUT2D eigenvalue weighted by atomic mass is 10.3. The van der Waals surface area contributed by atoms with Crippen LogP contribution in [0.5, 0.6) is 28.7 Å². The highest BCUT2D eigenvalue weighted by Crippen LogP contribution is 2.25. The van der Waals surface area contributed by atoms with Crippen molar-refractivity contribution >= 4 is 6.47 Å². The molecule has 0 amide bonds. The maximum absolute atomic E-state index is 9.81. The molecule has 4 N–H and O–H groups in total. The Bertz CT molecular complexity index is 687. The van der Waals surface area contributed by atoms with Gasteiger partial charge in [-0.2, -0.15) is 0 Å². The van der Waals surface area contributed by atoms with E-state index in [1.54, 1.807) is 48.5 Å². The largest absolute Gasteiger partial charge is 0.508 e. The minimum atomic E-state index is -0.151. The van der Waals surface area contributed by atoms with Crippen LogP contribution in [-0.4, -0.2) is 26.9 Å². The van der Waals surface area contributed by atoms with Crippen molar-refractivity contribution in [2.24, 2.45) is 0 Å². The summed E-state index contributed by atoms with van der Waals surface area (Å²) in [5.41, 5.74) is 0. The molecule has 0 spiro atoms. The van der Waals surface area contributed by atoms with Crippen LogP contribution >= 0.6 is 0 Å². The third kappa shape index (κ3) is 9.14. The standard InChI is InChI=1S/C7H6O4.2C6H6O/c8-4-11-7-2-5(9)1-6(10)3-7;2*7-6-4-2-1-3-5-6/h1-4,9-10H;2*1-5,7H. The van der Waals surface area contributed by atoms with Crippen molar-refractivity contribution < 1.29 is 30.0 Å². The van der Waals surface area contributed by atoms with Crippen LogP contribution in [0.2, 0.25) is 0 Å². The molecule has 0 fully saturated rings. The van der Waals surface area contributed by atoms with Gasteiger partial charge in [0.05, 0.1) is 0 Å². The van der Waals surface area contributed by atoms with E-state index in [-0.39, 0.29) is 23.7 Å². The Kier molecular flexibility index (Phi) is 8.49. The summed E-state index contributed by atoms with van der Waals surface area (Å²) in [7, 11) is 0. The zero-order valence-electron chi connectivity index (χ0n) is 13.2. The van der Waals surface area contributed by atoms with Crippen molar-refractivity contribution in [1.29, 1.82) is 0 Å². The number of carbonyl (C=O) groups excluding carboxylic acids is 1. The second-order valence-electron chi connectivity index (χ2n) is 4.57. The van der Waals surface area contributed by atoms with Gasteiger partial charge in [-0.05, 0) is 24.3 Å². The number of ether oxygens (including phenoxy) is 1. The second kappa shape index (κ2) is 11.0. The first-order valence-corrected chi connectivity index (χ1v) is 7.12. The van der Waals surface area contributed by atoms with E-state index >= 15 is 0 Å². The predicted octanol–water partition coefficient (Wildman–Crippen LogP) is 3.42. The van der Waals surface area contributed by atoms with Crippen LogP contribution in [0.25, 0.3) is 0 Å². The molecule has 0 heterocycles. The highest BCUT2D eigenvalue weighted by atomic mass is 16.5. The number of benzene rings is 3. The van der Waals surface area contributed by atoms with E-state index in [1.165, 1.54) is 12.1 Å². The Morgan fingerprint density at radius 3 is 1.28 bits per heavy atom. The average molecular weight is 342 g/mol. The number of hydrogen-bond acceptors (Lipinski definition) is 6. The molecule has 3 aromatic rings. The molecule has 0 bridgehead atoms. The topological polar surface area (TPSA) is 107 Å². The molecular weight excluding hydrogens is 324 g/mol. The van der Waals surface area contributed by atoms with Crippen LogP contribution in [0.4, 0.5) is 0 Å². The van der Waals surface area contributed by atoms with Crippen LogP contribution in [0.15, 0.2) is 78.9 Å². The van der Waals surface area contributed by atoms with Gasteiger partial charge in [-0.15, -0.1) is 0 Å². The van der Waals surface area contributed by atoms with E-state index in [2.05, 4.69) is 4.74 Å². The summed E-state index contributed by atoms with van der Waals surface area (Å²) in [6, 6.07) is 21.0. The van der Waals surface area contributed by atoms with Crippen molar-refractivity contribution in [1.82, 2.24) is 0 Å². The Balaban J connectivity index is 0.000000195. The first-order chi connectivity index (χ1) is 12.0. The van der Waals surface area contributed by atoms with E-state index in [9.17, 15) is 4.79 Å². The molecule has 0 saturated carbocycles.